The van der Waals surface area contributed by atoms with Crippen LogP contribution in [0.4, 0.5) is 15.9 Å². The summed E-state index contributed by atoms with van der Waals surface area (Å²) in [6.45, 7) is 0.977. The molecular formula is C25H20ClFN4O. The minimum Gasteiger partial charge on any atom is -0.376 e. The first-order chi connectivity index (χ1) is 15.6. The van der Waals surface area contributed by atoms with Crippen molar-refractivity contribution in [2.45, 2.75) is 13.1 Å². The smallest absolute Gasteiger partial charge is 0.170 e. The van der Waals surface area contributed by atoms with Crippen LogP contribution in [-0.4, -0.2) is 16.3 Å². The standard InChI is InChI=1S/C25H20ClFN4O/c26-20-12-11-19(13-21(20)27)24-30-22(16-32)23(28-14-17-7-3-1-4-8-17)25(31-24)29-15-18-9-5-2-6-10-18/h1-13,16,28H,14-15H2,(H,29,30,31). The number of benzene rings is 3. The zero-order valence-electron chi connectivity index (χ0n) is 17.1. The molecule has 0 saturated heterocycles. The molecule has 5 nitrogen and oxygen atoms in total. The minimum absolute atomic E-state index is 0.00735. The van der Waals surface area contributed by atoms with Crippen LogP contribution in [-0.2, 0) is 13.1 Å². The summed E-state index contributed by atoms with van der Waals surface area (Å²) < 4.78 is 14.0. The van der Waals surface area contributed by atoms with Crippen molar-refractivity contribution in [2.24, 2.45) is 0 Å². The fourth-order valence-corrected chi connectivity index (χ4v) is 3.32. The van der Waals surface area contributed by atoms with E-state index in [1.54, 1.807) is 6.07 Å². The number of nitrogens with one attached hydrogen (secondary N) is 2. The first-order valence-corrected chi connectivity index (χ1v) is 10.4. The Morgan fingerprint density at radius 2 is 1.47 bits per heavy atom. The second-order valence-corrected chi connectivity index (χ2v) is 7.49. The fourth-order valence-electron chi connectivity index (χ4n) is 3.20. The van der Waals surface area contributed by atoms with Gasteiger partial charge in [0.1, 0.15) is 17.2 Å². The van der Waals surface area contributed by atoms with Crippen molar-refractivity contribution in [1.29, 1.82) is 0 Å². The van der Waals surface area contributed by atoms with Crippen LogP contribution in [0.5, 0.6) is 0 Å². The third-order valence-corrected chi connectivity index (χ3v) is 5.15. The fraction of sp³-hybridized carbons (Fsp3) is 0.0800. The Bertz CT molecular complexity index is 1220. The maximum atomic E-state index is 14.0. The van der Waals surface area contributed by atoms with Crippen molar-refractivity contribution in [3.8, 4) is 11.4 Å². The van der Waals surface area contributed by atoms with Crippen LogP contribution in [0.1, 0.15) is 21.6 Å². The van der Waals surface area contributed by atoms with Crippen LogP contribution in [0.2, 0.25) is 5.02 Å². The number of carbonyl (C=O) groups excluding carboxylic acids is 1. The zero-order chi connectivity index (χ0) is 22.3. The summed E-state index contributed by atoms with van der Waals surface area (Å²) in [5.41, 5.74) is 3.18. The molecule has 0 saturated carbocycles. The van der Waals surface area contributed by atoms with Gasteiger partial charge in [-0.2, -0.15) is 0 Å². The Kier molecular flexibility index (Phi) is 6.72. The van der Waals surface area contributed by atoms with E-state index in [0.717, 1.165) is 11.1 Å². The summed E-state index contributed by atoms with van der Waals surface area (Å²) in [4.78, 5) is 20.9. The van der Waals surface area contributed by atoms with E-state index in [4.69, 9.17) is 11.6 Å². The molecule has 0 amide bonds. The van der Waals surface area contributed by atoms with E-state index >= 15 is 0 Å². The van der Waals surface area contributed by atoms with Gasteiger partial charge in [-0.05, 0) is 29.3 Å². The van der Waals surface area contributed by atoms with Gasteiger partial charge < -0.3 is 10.6 Å². The molecule has 160 valence electrons. The normalized spacial score (nSPS) is 10.6. The van der Waals surface area contributed by atoms with E-state index in [0.29, 0.717) is 36.4 Å². The molecule has 0 aliphatic heterocycles. The lowest BCUT2D eigenvalue weighted by Gasteiger charge is -2.16. The Morgan fingerprint density at radius 1 is 0.844 bits per heavy atom. The molecule has 0 radical (unpaired) electrons. The summed E-state index contributed by atoms with van der Waals surface area (Å²) in [5, 5.41) is 6.56. The summed E-state index contributed by atoms with van der Waals surface area (Å²) in [6.07, 6.45) is 0.665. The van der Waals surface area contributed by atoms with Gasteiger partial charge in [0.2, 0.25) is 0 Å². The SMILES string of the molecule is O=Cc1nc(-c2ccc(Cl)c(F)c2)nc(NCc2ccccc2)c1NCc1ccccc1. The predicted molar refractivity (Wildman–Crippen MR) is 125 cm³/mol. The van der Waals surface area contributed by atoms with Crippen molar-refractivity contribution in [3.05, 3.63) is 107 Å². The van der Waals surface area contributed by atoms with Crippen LogP contribution < -0.4 is 10.6 Å². The Labute approximate surface area is 190 Å². The van der Waals surface area contributed by atoms with Crippen LogP contribution >= 0.6 is 11.6 Å². The van der Waals surface area contributed by atoms with Gasteiger partial charge >= 0.3 is 0 Å². The van der Waals surface area contributed by atoms with Crippen LogP contribution in [0.25, 0.3) is 11.4 Å². The molecule has 0 bridgehead atoms. The van der Waals surface area contributed by atoms with Crippen LogP contribution in [0.3, 0.4) is 0 Å². The first kappa shape index (κ1) is 21.5. The monoisotopic (exact) mass is 446 g/mol. The maximum Gasteiger partial charge on any atom is 0.170 e. The molecule has 7 heteroatoms. The van der Waals surface area contributed by atoms with E-state index in [1.165, 1.54) is 12.1 Å². The van der Waals surface area contributed by atoms with Crippen LogP contribution in [0, 0.1) is 5.82 Å². The highest BCUT2D eigenvalue weighted by molar-refractivity contribution is 6.30. The molecular weight excluding hydrogens is 427 g/mol. The van der Waals surface area contributed by atoms with Gasteiger partial charge in [-0.25, -0.2) is 14.4 Å². The summed E-state index contributed by atoms with van der Waals surface area (Å²) in [6, 6.07) is 23.9. The predicted octanol–water partition coefficient (Wildman–Crippen LogP) is 5.97. The molecule has 0 atom stereocenters. The lowest BCUT2D eigenvalue weighted by atomic mass is 10.2. The highest BCUT2D eigenvalue weighted by atomic mass is 35.5. The van der Waals surface area contributed by atoms with Gasteiger partial charge in [0, 0.05) is 18.7 Å². The molecule has 4 rings (SSSR count). The molecule has 1 aromatic heterocycles. The third kappa shape index (κ3) is 5.10. The highest BCUT2D eigenvalue weighted by Gasteiger charge is 2.16. The topological polar surface area (TPSA) is 66.9 Å². The number of aromatic nitrogens is 2. The van der Waals surface area contributed by atoms with Gasteiger partial charge in [0.25, 0.3) is 0 Å². The summed E-state index contributed by atoms with van der Waals surface area (Å²) in [7, 11) is 0. The Hall–Kier alpha value is -3.77. The van der Waals surface area contributed by atoms with E-state index < -0.39 is 5.82 Å². The summed E-state index contributed by atoms with van der Waals surface area (Å²) >= 11 is 5.81. The molecule has 3 aromatic carbocycles. The highest BCUT2D eigenvalue weighted by Crippen LogP contribution is 2.29. The van der Waals surface area contributed by atoms with Crippen molar-refractivity contribution >= 4 is 29.4 Å². The van der Waals surface area contributed by atoms with Gasteiger partial charge in [-0.3, -0.25) is 4.79 Å². The first-order valence-electron chi connectivity index (χ1n) is 10.0. The molecule has 1 heterocycles. The zero-order valence-corrected chi connectivity index (χ0v) is 17.8. The molecule has 0 fully saturated rings. The van der Waals surface area contributed by atoms with E-state index in [9.17, 15) is 9.18 Å². The van der Waals surface area contributed by atoms with Gasteiger partial charge in [0.15, 0.2) is 17.9 Å². The molecule has 0 aliphatic carbocycles. The quantitative estimate of drug-likeness (QED) is 0.326. The second kappa shape index (κ2) is 10.0. The molecule has 0 aliphatic rings. The van der Waals surface area contributed by atoms with Crippen molar-refractivity contribution in [2.75, 3.05) is 10.6 Å². The molecule has 0 spiro atoms. The van der Waals surface area contributed by atoms with E-state index in [2.05, 4.69) is 20.6 Å². The molecule has 2 N–H and O–H groups in total. The average molecular weight is 447 g/mol. The number of aldehydes is 1. The lowest BCUT2D eigenvalue weighted by molar-refractivity contribution is 0.111. The minimum atomic E-state index is -0.578. The number of hydrogen-bond acceptors (Lipinski definition) is 5. The Balaban J connectivity index is 1.71. The van der Waals surface area contributed by atoms with E-state index in [-0.39, 0.29) is 16.5 Å². The average Bonchev–Trinajstić information content (AvgIpc) is 2.84. The number of nitrogens with zero attached hydrogens (tertiary/aromatic N) is 2. The van der Waals surface area contributed by atoms with Gasteiger partial charge in [-0.1, -0.05) is 72.3 Å². The number of carbonyl (C=O) groups is 1. The second-order valence-electron chi connectivity index (χ2n) is 7.08. The van der Waals surface area contributed by atoms with Crippen LogP contribution in [0.15, 0.2) is 78.9 Å². The van der Waals surface area contributed by atoms with Gasteiger partial charge in [-0.15, -0.1) is 0 Å². The number of anilines is 2. The lowest BCUT2D eigenvalue weighted by Crippen LogP contribution is -2.12. The number of halogens is 2. The maximum absolute atomic E-state index is 14.0. The van der Waals surface area contributed by atoms with Gasteiger partial charge in [0.05, 0.1) is 5.02 Å². The van der Waals surface area contributed by atoms with Crippen molar-refractivity contribution in [3.63, 3.8) is 0 Å². The Morgan fingerprint density at radius 3 is 2.06 bits per heavy atom. The van der Waals surface area contributed by atoms with Crippen molar-refractivity contribution < 1.29 is 9.18 Å². The number of rotatable bonds is 8. The molecule has 4 aromatic rings. The summed E-state index contributed by atoms with van der Waals surface area (Å²) in [5.74, 6) is 0.0984. The largest absolute Gasteiger partial charge is 0.376 e. The molecule has 0 unspecified atom stereocenters. The third-order valence-electron chi connectivity index (χ3n) is 4.84. The molecule has 32 heavy (non-hydrogen) atoms. The van der Waals surface area contributed by atoms with Crippen molar-refractivity contribution in [1.82, 2.24) is 9.97 Å². The number of hydrogen-bond donors (Lipinski definition) is 2. The van der Waals surface area contributed by atoms with E-state index in [1.807, 2.05) is 60.7 Å².